The van der Waals surface area contributed by atoms with E-state index in [1.807, 2.05) is 0 Å². The highest BCUT2D eigenvalue weighted by molar-refractivity contribution is 9.10. The Labute approximate surface area is 115 Å². The normalized spacial score (nSPS) is 10.4. The Kier molecular flexibility index (Phi) is 4.02. The summed E-state index contributed by atoms with van der Waals surface area (Å²) in [7, 11) is 0. The number of anilines is 1. The van der Waals surface area contributed by atoms with Crippen molar-refractivity contribution in [1.29, 1.82) is 0 Å². The van der Waals surface area contributed by atoms with Crippen LogP contribution in [0.25, 0.3) is 0 Å². The Morgan fingerprint density at radius 2 is 1.89 bits per heavy atom. The van der Waals surface area contributed by atoms with Crippen LogP contribution >= 0.6 is 15.9 Å². The number of halogens is 2. The second-order valence-electron chi connectivity index (χ2n) is 4.41. The fourth-order valence-corrected chi connectivity index (χ4v) is 2.25. The van der Waals surface area contributed by atoms with Gasteiger partial charge in [-0.05, 0) is 59.1 Å². The van der Waals surface area contributed by atoms with Crippen LogP contribution in [0.15, 0.2) is 40.9 Å². The third-order valence-electron chi connectivity index (χ3n) is 2.90. The van der Waals surface area contributed by atoms with Crippen LogP contribution in [-0.4, -0.2) is 0 Å². The first kappa shape index (κ1) is 13.1. The molecule has 0 saturated carbocycles. The highest BCUT2D eigenvalue weighted by Gasteiger charge is 2.03. The van der Waals surface area contributed by atoms with Crippen molar-refractivity contribution in [3.8, 4) is 0 Å². The number of rotatable bonds is 3. The number of benzene rings is 2. The fourth-order valence-electron chi connectivity index (χ4n) is 1.87. The van der Waals surface area contributed by atoms with Crippen molar-refractivity contribution >= 4 is 21.6 Å². The standard InChI is InChI=1S/C15H15BrFN/c1-10-3-4-12(11(2)7-10)9-18-15-8-13(17)5-6-14(15)16/h3-8,18H,9H2,1-2H3. The van der Waals surface area contributed by atoms with Crippen LogP contribution < -0.4 is 5.32 Å². The molecular formula is C15H15BrFN. The summed E-state index contributed by atoms with van der Waals surface area (Å²) >= 11 is 3.40. The van der Waals surface area contributed by atoms with Gasteiger partial charge in [0.25, 0.3) is 0 Å². The molecule has 1 nitrogen and oxygen atoms in total. The third kappa shape index (κ3) is 3.10. The van der Waals surface area contributed by atoms with E-state index in [2.05, 4.69) is 53.3 Å². The minimum atomic E-state index is -0.235. The van der Waals surface area contributed by atoms with Gasteiger partial charge in [0.15, 0.2) is 0 Å². The van der Waals surface area contributed by atoms with Gasteiger partial charge in [0.1, 0.15) is 5.82 Å². The Morgan fingerprint density at radius 1 is 1.11 bits per heavy atom. The van der Waals surface area contributed by atoms with Gasteiger partial charge >= 0.3 is 0 Å². The molecule has 0 heterocycles. The molecule has 0 aliphatic carbocycles. The maximum absolute atomic E-state index is 13.1. The Hall–Kier alpha value is -1.35. The minimum Gasteiger partial charge on any atom is -0.380 e. The van der Waals surface area contributed by atoms with Gasteiger partial charge < -0.3 is 5.32 Å². The molecule has 0 fully saturated rings. The molecule has 18 heavy (non-hydrogen) atoms. The summed E-state index contributed by atoms with van der Waals surface area (Å²) in [5.74, 6) is -0.235. The lowest BCUT2D eigenvalue weighted by atomic mass is 10.1. The van der Waals surface area contributed by atoms with Crippen molar-refractivity contribution in [2.75, 3.05) is 5.32 Å². The lowest BCUT2D eigenvalue weighted by Gasteiger charge is -2.11. The molecule has 0 atom stereocenters. The molecule has 3 heteroatoms. The first-order valence-electron chi connectivity index (χ1n) is 5.81. The van der Waals surface area contributed by atoms with E-state index in [1.165, 1.54) is 28.8 Å². The second kappa shape index (κ2) is 5.53. The summed E-state index contributed by atoms with van der Waals surface area (Å²) < 4.78 is 14.0. The van der Waals surface area contributed by atoms with Crippen LogP contribution in [0.2, 0.25) is 0 Å². The van der Waals surface area contributed by atoms with Crippen LogP contribution in [0.5, 0.6) is 0 Å². The highest BCUT2D eigenvalue weighted by atomic mass is 79.9. The first-order valence-corrected chi connectivity index (χ1v) is 6.60. The van der Waals surface area contributed by atoms with Gasteiger partial charge in [-0.1, -0.05) is 23.8 Å². The van der Waals surface area contributed by atoms with Gasteiger partial charge in [-0.25, -0.2) is 4.39 Å². The zero-order chi connectivity index (χ0) is 13.1. The minimum absolute atomic E-state index is 0.235. The van der Waals surface area contributed by atoms with Crippen LogP contribution in [0.1, 0.15) is 16.7 Å². The van der Waals surface area contributed by atoms with Crippen molar-refractivity contribution in [3.63, 3.8) is 0 Å². The predicted octanol–water partition coefficient (Wildman–Crippen LogP) is 4.82. The zero-order valence-corrected chi connectivity index (χ0v) is 12.0. The van der Waals surface area contributed by atoms with E-state index in [0.717, 1.165) is 10.2 Å². The molecule has 0 saturated heterocycles. The molecule has 0 radical (unpaired) electrons. The van der Waals surface area contributed by atoms with Crippen LogP contribution in [0.3, 0.4) is 0 Å². The molecule has 0 unspecified atom stereocenters. The molecule has 94 valence electrons. The quantitative estimate of drug-likeness (QED) is 0.857. The van der Waals surface area contributed by atoms with E-state index >= 15 is 0 Å². The lowest BCUT2D eigenvalue weighted by molar-refractivity contribution is 0.628. The SMILES string of the molecule is Cc1ccc(CNc2cc(F)ccc2Br)c(C)c1. The van der Waals surface area contributed by atoms with Crippen molar-refractivity contribution < 1.29 is 4.39 Å². The van der Waals surface area contributed by atoms with Crippen molar-refractivity contribution in [3.05, 3.63) is 63.4 Å². The molecule has 2 aromatic carbocycles. The molecule has 0 bridgehead atoms. The van der Waals surface area contributed by atoms with Crippen molar-refractivity contribution in [2.45, 2.75) is 20.4 Å². The number of hydrogen-bond donors (Lipinski definition) is 1. The predicted molar refractivity (Wildman–Crippen MR) is 77.3 cm³/mol. The van der Waals surface area contributed by atoms with Crippen LogP contribution in [-0.2, 0) is 6.54 Å². The van der Waals surface area contributed by atoms with Crippen molar-refractivity contribution in [1.82, 2.24) is 0 Å². The molecule has 0 aromatic heterocycles. The highest BCUT2D eigenvalue weighted by Crippen LogP contribution is 2.24. The van der Waals surface area contributed by atoms with E-state index in [1.54, 1.807) is 6.07 Å². The fraction of sp³-hybridized carbons (Fsp3) is 0.200. The number of hydrogen-bond acceptors (Lipinski definition) is 1. The van der Waals surface area contributed by atoms with Crippen LogP contribution in [0.4, 0.5) is 10.1 Å². The van der Waals surface area contributed by atoms with Gasteiger partial charge in [-0.2, -0.15) is 0 Å². The van der Waals surface area contributed by atoms with Gasteiger partial charge in [0.2, 0.25) is 0 Å². The second-order valence-corrected chi connectivity index (χ2v) is 5.26. The summed E-state index contributed by atoms with van der Waals surface area (Å²) in [6.45, 7) is 4.85. The maximum Gasteiger partial charge on any atom is 0.125 e. The van der Waals surface area contributed by atoms with Gasteiger partial charge in [-0.3, -0.25) is 0 Å². The van der Waals surface area contributed by atoms with E-state index < -0.39 is 0 Å². The van der Waals surface area contributed by atoms with E-state index in [4.69, 9.17) is 0 Å². The Morgan fingerprint density at radius 3 is 2.61 bits per heavy atom. The number of nitrogens with one attached hydrogen (secondary N) is 1. The van der Waals surface area contributed by atoms with Gasteiger partial charge in [-0.15, -0.1) is 0 Å². The molecule has 0 spiro atoms. The molecule has 0 amide bonds. The Bertz CT molecular complexity index is 566. The van der Waals surface area contributed by atoms with E-state index in [9.17, 15) is 4.39 Å². The smallest absolute Gasteiger partial charge is 0.125 e. The molecule has 1 N–H and O–H groups in total. The lowest BCUT2D eigenvalue weighted by Crippen LogP contribution is -2.02. The van der Waals surface area contributed by atoms with Crippen molar-refractivity contribution in [2.24, 2.45) is 0 Å². The monoisotopic (exact) mass is 307 g/mol. The van der Waals surface area contributed by atoms with Gasteiger partial charge in [0.05, 0.1) is 5.69 Å². The average Bonchev–Trinajstić information content (AvgIpc) is 2.32. The molecule has 0 aliphatic rings. The van der Waals surface area contributed by atoms with Crippen LogP contribution in [0, 0.1) is 19.7 Å². The number of aryl methyl sites for hydroxylation is 2. The molecule has 0 aliphatic heterocycles. The largest absolute Gasteiger partial charge is 0.380 e. The molecule has 2 aromatic rings. The van der Waals surface area contributed by atoms with E-state index in [-0.39, 0.29) is 5.82 Å². The summed E-state index contributed by atoms with van der Waals surface area (Å²) in [4.78, 5) is 0. The first-order chi connectivity index (χ1) is 8.56. The zero-order valence-electron chi connectivity index (χ0n) is 10.4. The molecule has 2 rings (SSSR count). The maximum atomic E-state index is 13.1. The van der Waals surface area contributed by atoms with Gasteiger partial charge in [0, 0.05) is 11.0 Å². The summed E-state index contributed by atoms with van der Waals surface area (Å²) in [5.41, 5.74) is 4.49. The Balaban J connectivity index is 2.13. The summed E-state index contributed by atoms with van der Waals surface area (Å²) in [6, 6.07) is 11.0. The topological polar surface area (TPSA) is 12.0 Å². The average molecular weight is 308 g/mol. The summed E-state index contributed by atoms with van der Waals surface area (Å²) in [6.07, 6.45) is 0. The summed E-state index contributed by atoms with van der Waals surface area (Å²) in [5, 5.41) is 3.24. The molecular weight excluding hydrogens is 293 g/mol. The van der Waals surface area contributed by atoms with E-state index in [0.29, 0.717) is 6.54 Å². The third-order valence-corrected chi connectivity index (χ3v) is 3.59.